The molecule has 0 aromatic heterocycles. The summed E-state index contributed by atoms with van der Waals surface area (Å²) in [6, 6.07) is 0. The minimum atomic E-state index is 0.133. The Morgan fingerprint density at radius 1 is 1.56 bits per heavy atom. The lowest BCUT2D eigenvalue weighted by Gasteiger charge is -2.17. The molecule has 0 aromatic carbocycles. The summed E-state index contributed by atoms with van der Waals surface area (Å²) in [7, 11) is 0. The lowest BCUT2D eigenvalue weighted by molar-refractivity contribution is 0.422. The van der Waals surface area contributed by atoms with Gasteiger partial charge in [-0.3, -0.25) is 0 Å². The molecule has 9 heavy (non-hydrogen) atoms. The number of hydrogen-bond donors (Lipinski definition) is 0. The van der Waals surface area contributed by atoms with E-state index in [1.165, 1.54) is 6.42 Å². The summed E-state index contributed by atoms with van der Waals surface area (Å²) in [6.45, 7) is 3.99. The van der Waals surface area contributed by atoms with Crippen LogP contribution in [-0.2, 0) is 0 Å². The van der Waals surface area contributed by atoms with Crippen LogP contribution in [0.5, 0.6) is 0 Å². The van der Waals surface area contributed by atoms with Crippen LogP contribution in [-0.4, -0.2) is 0 Å². The fraction of sp³-hybridized carbons (Fsp3) is 0.750. The number of halogens is 1. The third-order valence-electron chi connectivity index (χ3n) is 2.00. The zero-order valence-electron chi connectivity index (χ0n) is 6.08. The molecule has 0 saturated carbocycles. The van der Waals surface area contributed by atoms with Crippen LogP contribution in [0, 0.1) is 5.92 Å². The molecule has 0 N–H and O–H groups in total. The second-order valence-electron chi connectivity index (χ2n) is 3.03. The van der Waals surface area contributed by atoms with Gasteiger partial charge in [0.15, 0.2) is 0 Å². The van der Waals surface area contributed by atoms with E-state index in [1.54, 1.807) is 0 Å². The maximum absolute atomic E-state index is 12.7. The van der Waals surface area contributed by atoms with E-state index in [0.29, 0.717) is 12.3 Å². The van der Waals surface area contributed by atoms with Crippen LogP contribution in [0.1, 0.15) is 33.1 Å². The summed E-state index contributed by atoms with van der Waals surface area (Å²) < 4.78 is 12.7. The monoisotopic (exact) mass is 128 g/mol. The lowest BCUT2D eigenvalue weighted by Crippen LogP contribution is -2.02. The molecule has 0 nitrogen and oxygen atoms in total. The molecule has 0 spiro atoms. The summed E-state index contributed by atoms with van der Waals surface area (Å²) in [5, 5.41) is 0. The van der Waals surface area contributed by atoms with Crippen molar-refractivity contribution in [3.05, 3.63) is 11.4 Å². The molecule has 0 unspecified atom stereocenters. The minimum absolute atomic E-state index is 0.133. The Balaban J connectivity index is 2.61. The van der Waals surface area contributed by atoms with E-state index in [2.05, 4.69) is 6.92 Å². The van der Waals surface area contributed by atoms with E-state index in [-0.39, 0.29) is 5.83 Å². The SMILES string of the molecule is CC1=C(F)C[C@H](C)CC1. The van der Waals surface area contributed by atoms with Crippen LogP contribution in [0.3, 0.4) is 0 Å². The fourth-order valence-corrected chi connectivity index (χ4v) is 1.18. The fourth-order valence-electron chi connectivity index (χ4n) is 1.18. The van der Waals surface area contributed by atoms with Gasteiger partial charge in [0.2, 0.25) is 0 Å². The molecule has 0 fully saturated rings. The van der Waals surface area contributed by atoms with E-state index in [1.807, 2.05) is 6.92 Å². The lowest BCUT2D eigenvalue weighted by atomic mass is 9.91. The predicted octanol–water partition coefficient (Wildman–Crippen LogP) is 3.05. The highest BCUT2D eigenvalue weighted by Crippen LogP contribution is 2.28. The van der Waals surface area contributed by atoms with Crippen molar-refractivity contribution in [1.82, 2.24) is 0 Å². The summed E-state index contributed by atoms with van der Waals surface area (Å²) in [6.07, 6.45) is 2.80. The first-order chi connectivity index (χ1) is 4.20. The zero-order valence-corrected chi connectivity index (χ0v) is 6.08. The molecule has 0 heterocycles. The molecule has 1 atom stereocenters. The Labute approximate surface area is 55.8 Å². The second kappa shape index (κ2) is 2.51. The van der Waals surface area contributed by atoms with Gasteiger partial charge in [-0.2, -0.15) is 0 Å². The molecule has 1 aliphatic carbocycles. The average molecular weight is 128 g/mol. The molecule has 52 valence electrons. The minimum Gasteiger partial charge on any atom is -0.212 e. The molecule has 1 rings (SSSR count). The first-order valence-electron chi connectivity index (χ1n) is 3.54. The van der Waals surface area contributed by atoms with Crippen molar-refractivity contribution in [2.45, 2.75) is 33.1 Å². The van der Waals surface area contributed by atoms with E-state index in [4.69, 9.17) is 0 Å². The van der Waals surface area contributed by atoms with Crippen molar-refractivity contribution in [2.75, 3.05) is 0 Å². The average Bonchev–Trinajstić information content (AvgIpc) is 1.80. The highest BCUT2D eigenvalue weighted by molar-refractivity contribution is 5.08. The predicted molar refractivity (Wildman–Crippen MR) is 36.8 cm³/mol. The van der Waals surface area contributed by atoms with Gasteiger partial charge in [0.1, 0.15) is 0 Å². The van der Waals surface area contributed by atoms with Crippen molar-refractivity contribution in [2.24, 2.45) is 5.92 Å². The van der Waals surface area contributed by atoms with Gasteiger partial charge in [0.25, 0.3) is 0 Å². The molecule has 1 heteroatoms. The molecule has 0 bridgehead atoms. The van der Waals surface area contributed by atoms with Gasteiger partial charge < -0.3 is 0 Å². The van der Waals surface area contributed by atoms with Gasteiger partial charge in [-0.15, -0.1) is 0 Å². The third kappa shape index (κ3) is 1.54. The summed E-state index contributed by atoms with van der Waals surface area (Å²) in [5.41, 5.74) is 0.966. The smallest absolute Gasteiger partial charge is 0.0991 e. The Kier molecular flexibility index (Phi) is 1.89. The van der Waals surface area contributed by atoms with Crippen LogP contribution in [0.2, 0.25) is 0 Å². The van der Waals surface area contributed by atoms with Crippen molar-refractivity contribution in [3.63, 3.8) is 0 Å². The van der Waals surface area contributed by atoms with Crippen LogP contribution < -0.4 is 0 Å². The maximum atomic E-state index is 12.7. The van der Waals surface area contributed by atoms with Gasteiger partial charge in [0, 0.05) is 6.42 Å². The standard InChI is InChI=1S/C8H13F/c1-6-3-4-7(2)8(9)5-6/h6H,3-5H2,1-2H3/t6-/m1/s1. The quantitative estimate of drug-likeness (QED) is 0.470. The van der Waals surface area contributed by atoms with Crippen molar-refractivity contribution in [1.29, 1.82) is 0 Å². The Hall–Kier alpha value is -0.330. The normalized spacial score (nSPS) is 29.0. The summed E-state index contributed by atoms with van der Waals surface area (Å²) >= 11 is 0. The van der Waals surface area contributed by atoms with E-state index in [9.17, 15) is 4.39 Å². The summed E-state index contributed by atoms with van der Waals surface area (Å²) in [5.74, 6) is 0.697. The zero-order chi connectivity index (χ0) is 6.85. The van der Waals surface area contributed by atoms with Gasteiger partial charge in [0.05, 0.1) is 5.83 Å². The van der Waals surface area contributed by atoms with Crippen LogP contribution in [0.15, 0.2) is 11.4 Å². The Morgan fingerprint density at radius 2 is 2.22 bits per heavy atom. The van der Waals surface area contributed by atoms with Crippen molar-refractivity contribution >= 4 is 0 Å². The second-order valence-corrected chi connectivity index (χ2v) is 3.03. The molecular formula is C8H13F. The molecular weight excluding hydrogens is 115 g/mol. The van der Waals surface area contributed by atoms with E-state index < -0.39 is 0 Å². The first-order valence-corrected chi connectivity index (χ1v) is 3.54. The molecule has 0 aromatic rings. The highest BCUT2D eigenvalue weighted by Gasteiger charge is 2.14. The van der Waals surface area contributed by atoms with Crippen molar-refractivity contribution in [3.8, 4) is 0 Å². The first kappa shape index (κ1) is 6.79. The molecule has 0 amide bonds. The Bertz CT molecular complexity index is 136. The molecule has 0 saturated heterocycles. The maximum Gasteiger partial charge on any atom is 0.0991 e. The van der Waals surface area contributed by atoms with Gasteiger partial charge in [-0.1, -0.05) is 6.92 Å². The number of hydrogen-bond acceptors (Lipinski definition) is 0. The summed E-state index contributed by atoms with van der Waals surface area (Å²) in [4.78, 5) is 0. The van der Waals surface area contributed by atoms with Crippen LogP contribution >= 0.6 is 0 Å². The van der Waals surface area contributed by atoms with E-state index >= 15 is 0 Å². The highest BCUT2D eigenvalue weighted by atomic mass is 19.1. The largest absolute Gasteiger partial charge is 0.212 e. The van der Waals surface area contributed by atoms with Gasteiger partial charge >= 0.3 is 0 Å². The third-order valence-corrected chi connectivity index (χ3v) is 2.00. The molecule has 0 aliphatic heterocycles. The topological polar surface area (TPSA) is 0 Å². The molecule has 0 radical (unpaired) electrons. The molecule has 1 aliphatic rings. The Morgan fingerprint density at radius 3 is 2.67 bits per heavy atom. The number of rotatable bonds is 0. The van der Waals surface area contributed by atoms with E-state index in [0.717, 1.165) is 12.0 Å². The van der Waals surface area contributed by atoms with Gasteiger partial charge in [-0.05, 0) is 31.3 Å². The van der Waals surface area contributed by atoms with Crippen LogP contribution in [0.25, 0.3) is 0 Å². The number of allylic oxidation sites excluding steroid dienone is 2. The van der Waals surface area contributed by atoms with Crippen LogP contribution in [0.4, 0.5) is 4.39 Å². The van der Waals surface area contributed by atoms with Gasteiger partial charge in [-0.25, -0.2) is 4.39 Å². The van der Waals surface area contributed by atoms with Crippen molar-refractivity contribution < 1.29 is 4.39 Å².